The molecular weight excluding hydrogens is 364 g/mol. The van der Waals surface area contributed by atoms with Crippen LogP contribution in [-0.2, 0) is 16.6 Å². The van der Waals surface area contributed by atoms with Crippen LogP contribution in [0.1, 0.15) is 62.6 Å². The van der Waals surface area contributed by atoms with E-state index in [9.17, 15) is 13.2 Å². The number of aryl methyl sites for hydroxylation is 1. The molecule has 2 aliphatic rings. The molecule has 3 rings (SSSR count). The van der Waals surface area contributed by atoms with Crippen molar-refractivity contribution in [3.05, 3.63) is 17.7 Å². The van der Waals surface area contributed by atoms with E-state index in [2.05, 4.69) is 35.8 Å². The van der Waals surface area contributed by atoms with E-state index >= 15 is 0 Å². The summed E-state index contributed by atoms with van der Waals surface area (Å²) in [6.07, 6.45) is 7.07. The highest BCUT2D eigenvalue weighted by Gasteiger charge is 2.59. The molecule has 2 N–H and O–H groups in total. The van der Waals surface area contributed by atoms with Crippen LogP contribution in [0.4, 0.5) is 0 Å². The monoisotopic (exact) mass is 396 g/mol. The lowest BCUT2D eigenvalue weighted by molar-refractivity contribution is 0.0733. The summed E-state index contributed by atoms with van der Waals surface area (Å²) < 4.78 is 26.6. The summed E-state index contributed by atoms with van der Waals surface area (Å²) in [5, 5.41) is 3.29. The highest BCUT2D eigenvalue weighted by Crippen LogP contribution is 2.62. The standard InChI is InChI=1S/C19H32N4O3S/c1-13-15(20-12-23(13)10-6-9-21-27(5,25)26)16(24)22-17-18(2,3)14-7-8-19(17,4)11-14/h12,14,17,21H,6-11H2,1-5H3,(H,22,24)/t14-,17-,19+/m0/s1. The van der Waals surface area contributed by atoms with Crippen LogP contribution in [0.5, 0.6) is 0 Å². The van der Waals surface area contributed by atoms with Crippen LogP contribution in [0.2, 0.25) is 0 Å². The first kappa shape index (κ1) is 20.3. The number of hydrogen-bond donors (Lipinski definition) is 2. The number of nitrogens with one attached hydrogen (secondary N) is 2. The average molecular weight is 397 g/mol. The molecule has 0 aliphatic heterocycles. The van der Waals surface area contributed by atoms with Crippen molar-refractivity contribution in [2.45, 2.75) is 66.0 Å². The normalized spacial score (nSPS) is 29.2. The number of carbonyl (C=O) groups excluding carboxylic acids is 1. The van der Waals surface area contributed by atoms with Gasteiger partial charge in [0.25, 0.3) is 5.91 Å². The molecule has 2 fully saturated rings. The van der Waals surface area contributed by atoms with Crippen LogP contribution in [-0.4, -0.2) is 42.7 Å². The van der Waals surface area contributed by atoms with Crippen LogP contribution < -0.4 is 10.0 Å². The predicted molar refractivity (Wildman–Crippen MR) is 105 cm³/mol. The maximum atomic E-state index is 12.9. The van der Waals surface area contributed by atoms with Gasteiger partial charge in [-0.15, -0.1) is 0 Å². The molecule has 1 aromatic heterocycles. The Morgan fingerprint density at radius 2 is 2.07 bits per heavy atom. The van der Waals surface area contributed by atoms with E-state index in [-0.39, 0.29) is 22.8 Å². The summed E-state index contributed by atoms with van der Waals surface area (Å²) in [5.74, 6) is 0.571. The molecule has 0 saturated heterocycles. The lowest BCUT2D eigenvalue weighted by Crippen LogP contribution is -2.52. The number of rotatable bonds is 7. The van der Waals surface area contributed by atoms with E-state index in [4.69, 9.17) is 0 Å². The van der Waals surface area contributed by atoms with Crippen molar-refractivity contribution in [1.82, 2.24) is 19.6 Å². The Hall–Kier alpha value is -1.41. The molecular formula is C19H32N4O3S. The number of carbonyl (C=O) groups is 1. The lowest BCUT2D eigenvalue weighted by Gasteiger charge is -2.43. The fourth-order valence-electron chi connectivity index (χ4n) is 5.26. The zero-order chi connectivity index (χ0) is 20.0. The topological polar surface area (TPSA) is 93.1 Å². The Morgan fingerprint density at radius 1 is 1.37 bits per heavy atom. The van der Waals surface area contributed by atoms with Gasteiger partial charge in [0.05, 0.1) is 12.6 Å². The Bertz CT molecular complexity index is 825. The van der Waals surface area contributed by atoms with Crippen LogP contribution in [0.15, 0.2) is 6.33 Å². The molecule has 3 atom stereocenters. The third-order valence-corrected chi connectivity index (χ3v) is 7.53. The van der Waals surface area contributed by atoms with Crippen molar-refractivity contribution in [1.29, 1.82) is 0 Å². The van der Waals surface area contributed by atoms with Gasteiger partial charge < -0.3 is 9.88 Å². The largest absolute Gasteiger partial charge is 0.347 e. The maximum absolute atomic E-state index is 12.9. The number of sulfonamides is 1. The number of imidazole rings is 1. The summed E-state index contributed by atoms with van der Waals surface area (Å²) in [7, 11) is -3.17. The Morgan fingerprint density at radius 3 is 2.67 bits per heavy atom. The number of fused-ring (bicyclic) bond motifs is 2. The first-order valence-electron chi connectivity index (χ1n) is 9.71. The van der Waals surface area contributed by atoms with Crippen molar-refractivity contribution in [3.63, 3.8) is 0 Å². The van der Waals surface area contributed by atoms with Crippen molar-refractivity contribution in [2.24, 2.45) is 16.7 Å². The molecule has 7 nitrogen and oxygen atoms in total. The van der Waals surface area contributed by atoms with E-state index < -0.39 is 10.0 Å². The SMILES string of the molecule is Cc1c(C(=O)N[C@H]2C(C)(C)[C@H]3CC[C@]2(C)C3)ncn1CCCNS(C)(=O)=O. The highest BCUT2D eigenvalue weighted by molar-refractivity contribution is 7.88. The lowest BCUT2D eigenvalue weighted by atomic mass is 9.68. The third kappa shape index (κ3) is 3.92. The molecule has 152 valence electrons. The van der Waals surface area contributed by atoms with Gasteiger partial charge in [-0.1, -0.05) is 20.8 Å². The Balaban J connectivity index is 1.64. The van der Waals surface area contributed by atoms with Crippen LogP contribution in [0.3, 0.4) is 0 Å². The zero-order valence-electron chi connectivity index (χ0n) is 17.0. The molecule has 2 aliphatic carbocycles. The maximum Gasteiger partial charge on any atom is 0.272 e. The van der Waals surface area contributed by atoms with Gasteiger partial charge in [-0.05, 0) is 49.4 Å². The zero-order valence-corrected chi connectivity index (χ0v) is 17.8. The van der Waals surface area contributed by atoms with E-state index in [1.54, 1.807) is 6.33 Å². The average Bonchev–Trinajstić information content (AvgIpc) is 3.16. The molecule has 0 spiro atoms. The van der Waals surface area contributed by atoms with Crippen molar-refractivity contribution in [3.8, 4) is 0 Å². The third-order valence-electron chi connectivity index (χ3n) is 6.80. The molecule has 0 radical (unpaired) electrons. The first-order valence-corrected chi connectivity index (χ1v) is 11.6. The van der Waals surface area contributed by atoms with E-state index in [0.717, 1.165) is 11.9 Å². The van der Waals surface area contributed by atoms with Crippen LogP contribution in [0.25, 0.3) is 0 Å². The highest BCUT2D eigenvalue weighted by atomic mass is 32.2. The first-order chi connectivity index (χ1) is 12.4. The van der Waals surface area contributed by atoms with Gasteiger partial charge >= 0.3 is 0 Å². The number of amides is 1. The summed E-state index contributed by atoms with van der Waals surface area (Å²) in [6.45, 7) is 9.71. The van der Waals surface area contributed by atoms with Crippen LogP contribution in [0, 0.1) is 23.7 Å². The second-order valence-electron chi connectivity index (χ2n) is 9.21. The minimum atomic E-state index is -3.17. The number of hydrogen-bond acceptors (Lipinski definition) is 4. The second kappa shape index (κ2) is 6.88. The second-order valence-corrected chi connectivity index (χ2v) is 11.0. The Kier molecular flexibility index (Phi) is 5.18. The minimum absolute atomic E-state index is 0.104. The predicted octanol–water partition coefficient (Wildman–Crippen LogP) is 2.08. The Labute approximate surface area is 162 Å². The van der Waals surface area contributed by atoms with E-state index in [1.165, 1.54) is 19.3 Å². The smallest absolute Gasteiger partial charge is 0.272 e. The summed E-state index contributed by atoms with van der Waals surface area (Å²) in [4.78, 5) is 17.3. The number of nitrogens with zero attached hydrogens (tertiary/aromatic N) is 2. The fourth-order valence-corrected chi connectivity index (χ4v) is 5.78. The molecule has 1 heterocycles. The van der Waals surface area contributed by atoms with Gasteiger partial charge in [-0.2, -0.15) is 0 Å². The molecule has 2 bridgehead atoms. The van der Waals surface area contributed by atoms with Crippen molar-refractivity contribution < 1.29 is 13.2 Å². The molecule has 1 amide bonds. The molecule has 27 heavy (non-hydrogen) atoms. The van der Waals surface area contributed by atoms with Crippen molar-refractivity contribution >= 4 is 15.9 Å². The molecule has 8 heteroatoms. The fraction of sp³-hybridized carbons (Fsp3) is 0.789. The van der Waals surface area contributed by atoms with Gasteiger partial charge in [0, 0.05) is 24.8 Å². The molecule has 2 saturated carbocycles. The minimum Gasteiger partial charge on any atom is -0.347 e. The van der Waals surface area contributed by atoms with E-state index in [0.29, 0.717) is 31.1 Å². The summed E-state index contributed by atoms with van der Waals surface area (Å²) in [6, 6.07) is 0.166. The van der Waals surface area contributed by atoms with Gasteiger partial charge in [0.2, 0.25) is 10.0 Å². The molecule has 0 unspecified atom stereocenters. The number of aromatic nitrogens is 2. The van der Waals surface area contributed by atoms with Crippen LogP contribution >= 0.6 is 0 Å². The van der Waals surface area contributed by atoms with E-state index in [1.807, 2.05) is 11.5 Å². The summed E-state index contributed by atoms with van der Waals surface area (Å²) >= 11 is 0. The van der Waals surface area contributed by atoms with Gasteiger partial charge in [-0.3, -0.25) is 4.79 Å². The quantitative estimate of drug-likeness (QED) is 0.690. The summed E-state index contributed by atoms with van der Waals surface area (Å²) in [5.41, 5.74) is 1.57. The van der Waals surface area contributed by atoms with Gasteiger partial charge in [-0.25, -0.2) is 18.1 Å². The van der Waals surface area contributed by atoms with Gasteiger partial charge in [0.15, 0.2) is 0 Å². The molecule has 0 aromatic carbocycles. The molecule has 1 aromatic rings. The van der Waals surface area contributed by atoms with Gasteiger partial charge in [0.1, 0.15) is 5.69 Å². The van der Waals surface area contributed by atoms with Crippen molar-refractivity contribution in [2.75, 3.05) is 12.8 Å².